The molecule has 3 aromatic rings. The predicted molar refractivity (Wildman–Crippen MR) is 74.7 cm³/mol. The van der Waals surface area contributed by atoms with E-state index in [2.05, 4.69) is 11.7 Å². The van der Waals surface area contributed by atoms with E-state index in [-0.39, 0.29) is 0 Å². The van der Waals surface area contributed by atoms with Crippen LogP contribution in [0.2, 0.25) is 0 Å². The van der Waals surface area contributed by atoms with Crippen LogP contribution in [-0.2, 0) is 11.3 Å². The van der Waals surface area contributed by atoms with Crippen molar-refractivity contribution in [3.63, 3.8) is 0 Å². The van der Waals surface area contributed by atoms with Crippen molar-refractivity contribution in [2.45, 2.75) is 6.54 Å². The van der Waals surface area contributed by atoms with Crippen LogP contribution in [0, 0.1) is 0 Å². The molecular weight excluding hydrogens is 258 g/mol. The van der Waals surface area contributed by atoms with E-state index < -0.39 is 18.1 Å². The third-order valence-electron chi connectivity index (χ3n) is 3.08. The van der Waals surface area contributed by atoms with Crippen LogP contribution in [0.4, 0.5) is 0 Å². The Hall–Kier alpha value is -2.89. The summed E-state index contributed by atoms with van der Waals surface area (Å²) in [6, 6.07) is 9.22. The molecule has 1 aromatic carbocycles. The molecule has 0 spiro atoms. The van der Waals surface area contributed by atoms with Gasteiger partial charge in [-0.2, -0.15) is 5.10 Å². The zero-order valence-corrected chi connectivity index (χ0v) is 10.5. The summed E-state index contributed by atoms with van der Waals surface area (Å²) in [7, 11) is 0. The lowest BCUT2D eigenvalue weighted by Gasteiger charge is -2.06. The SMILES string of the molecule is C=Cc1nn(CC(=O)O)c(=O)c2cc3ccccc3n12. The maximum absolute atomic E-state index is 12.3. The van der Waals surface area contributed by atoms with Crippen LogP contribution in [0.1, 0.15) is 5.82 Å². The largest absolute Gasteiger partial charge is 0.480 e. The van der Waals surface area contributed by atoms with Crippen LogP contribution < -0.4 is 5.56 Å². The normalized spacial score (nSPS) is 11.0. The fourth-order valence-corrected chi connectivity index (χ4v) is 2.27. The number of hydrogen-bond donors (Lipinski definition) is 1. The Kier molecular flexibility index (Phi) is 2.64. The van der Waals surface area contributed by atoms with Gasteiger partial charge in [0.2, 0.25) is 0 Å². The summed E-state index contributed by atoms with van der Waals surface area (Å²) >= 11 is 0. The quantitative estimate of drug-likeness (QED) is 0.779. The van der Waals surface area contributed by atoms with Crippen LogP contribution in [-0.4, -0.2) is 25.3 Å². The monoisotopic (exact) mass is 269 g/mol. The second kappa shape index (κ2) is 4.34. The van der Waals surface area contributed by atoms with Gasteiger partial charge in [-0.1, -0.05) is 24.8 Å². The molecule has 1 N–H and O–H groups in total. The molecule has 3 rings (SSSR count). The third-order valence-corrected chi connectivity index (χ3v) is 3.08. The Balaban J connectivity index is 2.47. The van der Waals surface area contributed by atoms with Gasteiger partial charge in [-0.3, -0.25) is 14.0 Å². The molecule has 0 saturated carbocycles. The smallest absolute Gasteiger partial charge is 0.325 e. The standard InChI is InChI=1S/C14H11N3O3/c1-2-12-15-16(8-13(18)19)14(20)11-7-9-5-3-4-6-10(9)17(11)12/h2-7H,1,8H2,(H,18,19). The molecule has 0 unspecified atom stereocenters. The van der Waals surface area contributed by atoms with Gasteiger partial charge in [0.25, 0.3) is 5.56 Å². The van der Waals surface area contributed by atoms with Gasteiger partial charge in [0.1, 0.15) is 12.1 Å². The van der Waals surface area contributed by atoms with Crippen molar-refractivity contribution in [3.8, 4) is 0 Å². The maximum Gasteiger partial charge on any atom is 0.325 e. The number of nitrogens with zero attached hydrogens (tertiary/aromatic N) is 3. The number of benzene rings is 1. The number of rotatable bonds is 3. The number of para-hydroxylation sites is 1. The topological polar surface area (TPSA) is 76.6 Å². The highest BCUT2D eigenvalue weighted by Gasteiger charge is 2.13. The van der Waals surface area contributed by atoms with E-state index in [1.165, 1.54) is 6.08 Å². The van der Waals surface area contributed by atoms with Crippen LogP contribution in [0.3, 0.4) is 0 Å². The molecule has 0 saturated heterocycles. The lowest BCUT2D eigenvalue weighted by molar-refractivity contribution is -0.138. The van der Waals surface area contributed by atoms with Crippen molar-refractivity contribution in [1.29, 1.82) is 0 Å². The van der Waals surface area contributed by atoms with Gasteiger partial charge < -0.3 is 5.11 Å². The molecule has 20 heavy (non-hydrogen) atoms. The van der Waals surface area contributed by atoms with Gasteiger partial charge in [-0.05, 0) is 18.2 Å². The number of fused-ring (bicyclic) bond motifs is 3. The summed E-state index contributed by atoms with van der Waals surface area (Å²) in [6.45, 7) is 3.20. The zero-order valence-electron chi connectivity index (χ0n) is 10.5. The lowest BCUT2D eigenvalue weighted by Crippen LogP contribution is -2.29. The van der Waals surface area contributed by atoms with E-state index in [1.807, 2.05) is 24.3 Å². The Morgan fingerprint density at radius 3 is 2.80 bits per heavy atom. The molecule has 2 heterocycles. The van der Waals surface area contributed by atoms with E-state index in [4.69, 9.17) is 5.11 Å². The highest BCUT2D eigenvalue weighted by atomic mass is 16.4. The average molecular weight is 269 g/mol. The first kappa shape index (κ1) is 12.2. The number of hydrogen-bond acceptors (Lipinski definition) is 3. The molecule has 0 aliphatic heterocycles. The average Bonchev–Trinajstić information content (AvgIpc) is 2.81. The van der Waals surface area contributed by atoms with Crippen LogP contribution >= 0.6 is 0 Å². The van der Waals surface area contributed by atoms with Gasteiger partial charge >= 0.3 is 5.97 Å². The highest BCUT2D eigenvalue weighted by molar-refractivity contribution is 5.87. The Morgan fingerprint density at radius 2 is 2.10 bits per heavy atom. The Morgan fingerprint density at radius 1 is 1.35 bits per heavy atom. The summed E-state index contributed by atoms with van der Waals surface area (Å²) in [4.78, 5) is 23.1. The minimum atomic E-state index is -1.12. The van der Waals surface area contributed by atoms with Crippen LogP contribution in [0.25, 0.3) is 22.5 Å². The fourth-order valence-electron chi connectivity index (χ4n) is 2.27. The summed E-state index contributed by atoms with van der Waals surface area (Å²) in [5.74, 6) is -0.683. The third kappa shape index (κ3) is 1.70. The van der Waals surface area contributed by atoms with Crippen molar-refractivity contribution in [1.82, 2.24) is 14.2 Å². The number of aromatic nitrogens is 3. The number of carboxylic acid groups (broad SMARTS) is 1. The van der Waals surface area contributed by atoms with Gasteiger partial charge in [-0.25, -0.2) is 4.68 Å². The number of aliphatic carboxylic acids is 1. The van der Waals surface area contributed by atoms with E-state index in [0.29, 0.717) is 11.3 Å². The molecule has 100 valence electrons. The maximum atomic E-state index is 12.3. The van der Waals surface area contributed by atoms with Crippen molar-refractivity contribution in [2.75, 3.05) is 0 Å². The van der Waals surface area contributed by atoms with E-state index in [0.717, 1.165) is 15.6 Å². The molecule has 0 bridgehead atoms. The van der Waals surface area contributed by atoms with Gasteiger partial charge in [0.05, 0.1) is 5.52 Å². The van der Waals surface area contributed by atoms with Gasteiger partial charge in [-0.15, -0.1) is 0 Å². The van der Waals surface area contributed by atoms with E-state index in [9.17, 15) is 9.59 Å². The molecule has 6 heteroatoms. The van der Waals surface area contributed by atoms with Gasteiger partial charge in [0.15, 0.2) is 5.82 Å². The van der Waals surface area contributed by atoms with Crippen molar-refractivity contribution in [2.24, 2.45) is 0 Å². The predicted octanol–water partition coefficient (Wildman–Crippen LogP) is 1.38. The van der Waals surface area contributed by atoms with E-state index >= 15 is 0 Å². The Bertz CT molecular complexity index is 905. The lowest BCUT2D eigenvalue weighted by atomic mass is 10.2. The molecule has 0 aliphatic carbocycles. The molecule has 0 radical (unpaired) electrons. The molecule has 0 fully saturated rings. The summed E-state index contributed by atoms with van der Waals surface area (Å²) in [5.41, 5.74) is 0.788. The number of carbonyl (C=O) groups is 1. The fraction of sp³-hybridized carbons (Fsp3) is 0.0714. The first-order valence-corrected chi connectivity index (χ1v) is 5.97. The summed E-state index contributed by atoms with van der Waals surface area (Å²) < 4.78 is 2.62. The number of carboxylic acids is 1. The molecule has 0 atom stereocenters. The first-order chi connectivity index (χ1) is 9.61. The molecular formula is C14H11N3O3. The zero-order chi connectivity index (χ0) is 14.3. The molecule has 2 aromatic heterocycles. The molecule has 0 amide bonds. The van der Waals surface area contributed by atoms with Crippen molar-refractivity contribution in [3.05, 3.63) is 53.1 Å². The second-order valence-corrected chi connectivity index (χ2v) is 4.34. The summed E-state index contributed by atoms with van der Waals surface area (Å²) in [6.07, 6.45) is 1.50. The van der Waals surface area contributed by atoms with Gasteiger partial charge in [0, 0.05) is 5.39 Å². The van der Waals surface area contributed by atoms with Crippen LogP contribution in [0.15, 0.2) is 41.7 Å². The van der Waals surface area contributed by atoms with E-state index in [1.54, 1.807) is 10.5 Å². The molecule has 6 nitrogen and oxygen atoms in total. The minimum absolute atomic E-state index is 0.386. The van der Waals surface area contributed by atoms with Crippen molar-refractivity contribution >= 4 is 28.5 Å². The molecule has 0 aliphatic rings. The highest BCUT2D eigenvalue weighted by Crippen LogP contribution is 2.19. The second-order valence-electron chi connectivity index (χ2n) is 4.34. The summed E-state index contributed by atoms with van der Waals surface area (Å²) in [5, 5.41) is 13.8. The minimum Gasteiger partial charge on any atom is -0.480 e. The van der Waals surface area contributed by atoms with Crippen LogP contribution in [0.5, 0.6) is 0 Å². The first-order valence-electron chi connectivity index (χ1n) is 5.97. The van der Waals surface area contributed by atoms with Crippen molar-refractivity contribution < 1.29 is 9.90 Å². The Labute approximate surface area is 113 Å².